The molecule has 2 aromatic carbocycles. The van der Waals surface area contributed by atoms with Crippen LogP contribution in [0.2, 0.25) is 0 Å². The van der Waals surface area contributed by atoms with Crippen molar-refractivity contribution in [2.24, 2.45) is 0 Å². The maximum absolute atomic E-state index is 10.8. The number of benzene rings is 2. The molecule has 2 aromatic rings. The van der Waals surface area contributed by atoms with Crippen molar-refractivity contribution in [3.8, 4) is 11.5 Å². The molecular formula is C15H14O3. The summed E-state index contributed by atoms with van der Waals surface area (Å²) in [5.74, 6) is -0.347. The van der Waals surface area contributed by atoms with Crippen molar-refractivity contribution >= 4 is 6.29 Å². The highest BCUT2D eigenvalue weighted by Gasteiger charge is 2.11. The van der Waals surface area contributed by atoms with Gasteiger partial charge in [-0.25, -0.2) is 0 Å². The molecule has 0 aromatic heterocycles. The lowest BCUT2D eigenvalue weighted by molar-refractivity contribution is 0.111. The second kappa shape index (κ2) is 4.92. The van der Waals surface area contributed by atoms with Crippen molar-refractivity contribution in [1.82, 2.24) is 0 Å². The van der Waals surface area contributed by atoms with Crippen molar-refractivity contribution in [2.75, 3.05) is 0 Å². The van der Waals surface area contributed by atoms with E-state index in [1.807, 2.05) is 31.2 Å². The first kappa shape index (κ1) is 12.2. The van der Waals surface area contributed by atoms with Crippen LogP contribution in [0.15, 0.2) is 36.4 Å². The van der Waals surface area contributed by atoms with E-state index in [1.54, 1.807) is 6.07 Å². The fourth-order valence-electron chi connectivity index (χ4n) is 1.83. The number of phenolic OH excluding ortho intramolecular Hbond substituents is 2. The summed E-state index contributed by atoms with van der Waals surface area (Å²) in [4.78, 5) is 10.8. The van der Waals surface area contributed by atoms with E-state index < -0.39 is 0 Å². The smallest absolute Gasteiger partial charge is 0.157 e. The Morgan fingerprint density at radius 1 is 1.06 bits per heavy atom. The van der Waals surface area contributed by atoms with Crippen molar-refractivity contribution < 1.29 is 15.0 Å². The summed E-state index contributed by atoms with van der Waals surface area (Å²) in [6.07, 6.45) is 0.983. The largest absolute Gasteiger partial charge is 0.507 e. The first-order chi connectivity index (χ1) is 8.61. The molecule has 3 nitrogen and oxygen atoms in total. The summed E-state index contributed by atoms with van der Waals surface area (Å²) >= 11 is 0. The quantitative estimate of drug-likeness (QED) is 0.814. The van der Waals surface area contributed by atoms with E-state index in [0.29, 0.717) is 18.3 Å². The van der Waals surface area contributed by atoms with E-state index in [-0.39, 0.29) is 17.1 Å². The molecule has 0 aliphatic carbocycles. The highest BCUT2D eigenvalue weighted by molar-refractivity contribution is 5.84. The molecule has 0 saturated carbocycles. The Balaban J connectivity index is 2.35. The second-order valence-electron chi connectivity index (χ2n) is 4.29. The van der Waals surface area contributed by atoms with E-state index in [1.165, 1.54) is 11.6 Å². The number of aldehydes is 1. The van der Waals surface area contributed by atoms with Crippen LogP contribution >= 0.6 is 0 Å². The fourth-order valence-corrected chi connectivity index (χ4v) is 1.83. The van der Waals surface area contributed by atoms with Crippen molar-refractivity contribution in [2.45, 2.75) is 13.3 Å². The van der Waals surface area contributed by atoms with Gasteiger partial charge < -0.3 is 10.2 Å². The van der Waals surface area contributed by atoms with Gasteiger partial charge in [-0.05, 0) is 24.1 Å². The standard InChI is InChI=1S/C15H14O3/c1-10-2-4-11(5-3-10)8-12-6-7-14(17)13(9-16)15(12)18/h2-7,9,17-18H,8H2,1H3. The van der Waals surface area contributed by atoms with Crippen LogP contribution in [-0.2, 0) is 6.42 Å². The summed E-state index contributed by atoms with van der Waals surface area (Å²) < 4.78 is 0. The fraction of sp³-hybridized carbons (Fsp3) is 0.133. The molecule has 0 spiro atoms. The summed E-state index contributed by atoms with van der Waals surface area (Å²) in [6, 6.07) is 11.0. The van der Waals surface area contributed by atoms with E-state index in [0.717, 1.165) is 5.56 Å². The number of hydrogen-bond acceptors (Lipinski definition) is 3. The van der Waals surface area contributed by atoms with E-state index >= 15 is 0 Å². The predicted molar refractivity (Wildman–Crippen MR) is 69.1 cm³/mol. The second-order valence-corrected chi connectivity index (χ2v) is 4.29. The third-order valence-corrected chi connectivity index (χ3v) is 2.91. The minimum Gasteiger partial charge on any atom is -0.507 e. The third-order valence-electron chi connectivity index (χ3n) is 2.91. The summed E-state index contributed by atoms with van der Waals surface area (Å²) in [7, 11) is 0. The van der Waals surface area contributed by atoms with Crippen LogP contribution in [0.1, 0.15) is 27.0 Å². The maximum atomic E-state index is 10.8. The molecule has 0 fully saturated rings. The highest BCUT2D eigenvalue weighted by atomic mass is 16.3. The first-order valence-electron chi connectivity index (χ1n) is 5.66. The molecule has 0 amide bonds. The molecule has 0 bridgehead atoms. The Hall–Kier alpha value is -2.29. The number of carbonyl (C=O) groups excluding carboxylic acids is 1. The van der Waals surface area contributed by atoms with Crippen LogP contribution in [0.3, 0.4) is 0 Å². The number of rotatable bonds is 3. The van der Waals surface area contributed by atoms with Gasteiger partial charge in [-0.2, -0.15) is 0 Å². The summed E-state index contributed by atoms with van der Waals surface area (Å²) in [5.41, 5.74) is 2.78. The molecule has 0 radical (unpaired) electrons. The number of aromatic hydroxyl groups is 2. The van der Waals surface area contributed by atoms with Gasteiger partial charge >= 0.3 is 0 Å². The molecule has 2 rings (SSSR count). The Morgan fingerprint density at radius 3 is 2.33 bits per heavy atom. The monoisotopic (exact) mass is 242 g/mol. The molecule has 92 valence electrons. The minimum absolute atomic E-state index is 0.0559. The molecule has 2 N–H and O–H groups in total. The Labute approximate surface area is 105 Å². The van der Waals surface area contributed by atoms with Gasteiger partial charge in [0.05, 0.1) is 5.56 Å². The first-order valence-corrected chi connectivity index (χ1v) is 5.66. The molecular weight excluding hydrogens is 228 g/mol. The lowest BCUT2D eigenvalue weighted by Crippen LogP contribution is -1.93. The molecule has 3 heteroatoms. The molecule has 0 saturated heterocycles. The topological polar surface area (TPSA) is 57.5 Å². The van der Waals surface area contributed by atoms with Gasteiger partial charge in [-0.15, -0.1) is 0 Å². The number of carbonyl (C=O) groups is 1. The lowest BCUT2D eigenvalue weighted by atomic mass is 10.0. The number of hydrogen-bond donors (Lipinski definition) is 2. The van der Waals surface area contributed by atoms with E-state index in [4.69, 9.17) is 0 Å². The Morgan fingerprint density at radius 2 is 1.72 bits per heavy atom. The van der Waals surface area contributed by atoms with Crippen LogP contribution in [0.25, 0.3) is 0 Å². The van der Waals surface area contributed by atoms with Crippen LogP contribution in [0, 0.1) is 6.92 Å². The number of aryl methyl sites for hydroxylation is 1. The summed E-state index contributed by atoms with van der Waals surface area (Å²) in [5, 5.41) is 19.3. The lowest BCUT2D eigenvalue weighted by Gasteiger charge is -2.08. The highest BCUT2D eigenvalue weighted by Crippen LogP contribution is 2.30. The normalized spacial score (nSPS) is 10.3. The molecule has 0 aliphatic rings. The zero-order valence-electron chi connectivity index (χ0n) is 10.1. The van der Waals surface area contributed by atoms with Crippen LogP contribution in [0.4, 0.5) is 0 Å². The van der Waals surface area contributed by atoms with Gasteiger partial charge in [0.25, 0.3) is 0 Å². The van der Waals surface area contributed by atoms with Gasteiger partial charge in [0.1, 0.15) is 11.5 Å². The van der Waals surface area contributed by atoms with Gasteiger partial charge in [0.2, 0.25) is 0 Å². The Kier molecular flexibility index (Phi) is 3.33. The van der Waals surface area contributed by atoms with Crippen LogP contribution < -0.4 is 0 Å². The average molecular weight is 242 g/mol. The van der Waals surface area contributed by atoms with Gasteiger partial charge in [-0.3, -0.25) is 4.79 Å². The summed E-state index contributed by atoms with van der Waals surface area (Å²) in [6.45, 7) is 2.01. The third kappa shape index (κ3) is 2.35. The molecule has 0 atom stereocenters. The predicted octanol–water partition coefficient (Wildman–Crippen LogP) is 2.81. The number of phenols is 2. The van der Waals surface area contributed by atoms with Gasteiger partial charge in [0.15, 0.2) is 6.29 Å². The average Bonchev–Trinajstić information content (AvgIpc) is 2.36. The van der Waals surface area contributed by atoms with Crippen molar-refractivity contribution in [3.63, 3.8) is 0 Å². The van der Waals surface area contributed by atoms with Crippen LogP contribution in [-0.4, -0.2) is 16.5 Å². The zero-order valence-corrected chi connectivity index (χ0v) is 10.1. The maximum Gasteiger partial charge on any atom is 0.157 e. The molecule has 18 heavy (non-hydrogen) atoms. The SMILES string of the molecule is Cc1ccc(Cc2ccc(O)c(C=O)c2O)cc1. The molecule has 0 aliphatic heterocycles. The molecule has 0 heterocycles. The zero-order chi connectivity index (χ0) is 13.1. The van der Waals surface area contributed by atoms with E-state index in [9.17, 15) is 15.0 Å². The van der Waals surface area contributed by atoms with Gasteiger partial charge in [0, 0.05) is 6.42 Å². The van der Waals surface area contributed by atoms with Gasteiger partial charge in [-0.1, -0.05) is 35.9 Å². The van der Waals surface area contributed by atoms with Crippen molar-refractivity contribution in [1.29, 1.82) is 0 Å². The van der Waals surface area contributed by atoms with E-state index in [2.05, 4.69) is 0 Å². The minimum atomic E-state index is -0.199. The van der Waals surface area contributed by atoms with Crippen LogP contribution in [0.5, 0.6) is 11.5 Å². The van der Waals surface area contributed by atoms with Crippen molar-refractivity contribution in [3.05, 3.63) is 58.7 Å². The molecule has 0 unspecified atom stereocenters. The Bertz CT molecular complexity index is 571.